The molecule has 0 spiro atoms. The van der Waals surface area contributed by atoms with Gasteiger partial charge in [-0.15, -0.1) is 0 Å². The first-order valence-corrected chi connectivity index (χ1v) is 3.75. The maximum Gasteiger partial charge on any atom is 0.251 e. The average Bonchev–Trinajstić information content (AvgIpc) is 2.19. The molecule has 0 fully saturated rings. The molecule has 4 heteroatoms. The zero-order valence-electron chi connectivity index (χ0n) is 6.86. The van der Waals surface area contributed by atoms with Gasteiger partial charge in [0.15, 0.2) is 5.78 Å². The standard InChI is InChI=1S/C9H9NO3/c11-8(6-9(12)10-13)7-4-2-1-3-5-7/h1-5,13H,6H2,(H,10,12). The highest BCUT2D eigenvalue weighted by atomic mass is 16.5. The fourth-order valence-electron chi connectivity index (χ4n) is 0.911. The van der Waals surface area contributed by atoms with Crippen LogP contribution in [0.3, 0.4) is 0 Å². The molecule has 0 bridgehead atoms. The van der Waals surface area contributed by atoms with E-state index in [0.717, 1.165) is 0 Å². The molecule has 0 radical (unpaired) electrons. The van der Waals surface area contributed by atoms with E-state index in [9.17, 15) is 9.59 Å². The number of hydroxylamine groups is 1. The summed E-state index contributed by atoms with van der Waals surface area (Å²) < 4.78 is 0. The number of hydrogen-bond acceptors (Lipinski definition) is 3. The van der Waals surface area contributed by atoms with E-state index >= 15 is 0 Å². The minimum atomic E-state index is -0.700. The van der Waals surface area contributed by atoms with Crippen molar-refractivity contribution in [3.8, 4) is 0 Å². The van der Waals surface area contributed by atoms with Crippen molar-refractivity contribution in [2.45, 2.75) is 6.42 Å². The Bertz CT molecular complexity index is 308. The summed E-state index contributed by atoms with van der Waals surface area (Å²) in [6, 6.07) is 8.44. The Hall–Kier alpha value is -1.68. The summed E-state index contributed by atoms with van der Waals surface area (Å²) in [5.41, 5.74) is 1.87. The van der Waals surface area contributed by atoms with Gasteiger partial charge in [-0.2, -0.15) is 0 Å². The number of ketones is 1. The summed E-state index contributed by atoms with van der Waals surface area (Å²) >= 11 is 0. The fraction of sp³-hybridized carbons (Fsp3) is 0.111. The second-order valence-corrected chi connectivity index (χ2v) is 2.50. The second kappa shape index (κ2) is 4.37. The summed E-state index contributed by atoms with van der Waals surface area (Å²) in [5.74, 6) is -1.01. The van der Waals surface area contributed by atoms with Gasteiger partial charge >= 0.3 is 0 Å². The number of amides is 1. The average molecular weight is 179 g/mol. The molecular formula is C9H9NO3. The molecule has 0 aliphatic carbocycles. The Morgan fingerprint density at radius 2 is 1.85 bits per heavy atom. The number of rotatable bonds is 3. The first-order chi connectivity index (χ1) is 6.24. The first-order valence-electron chi connectivity index (χ1n) is 3.75. The minimum absolute atomic E-state index is 0.313. The van der Waals surface area contributed by atoms with E-state index in [0.29, 0.717) is 5.56 Å². The summed E-state index contributed by atoms with van der Waals surface area (Å²) in [5, 5.41) is 8.18. The predicted molar refractivity (Wildman–Crippen MR) is 45.3 cm³/mol. The van der Waals surface area contributed by atoms with Crippen molar-refractivity contribution in [1.29, 1.82) is 0 Å². The Labute approximate surface area is 75.1 Å². The summed E-state index contributed by atoms with van der Waals surface area (Å²) in [4.78, 5) is 21.9. The zero-order chi connectivity index (χ0) is 9.68. The maximum atomic E-state index is 11.2. The lowest BCUT2D eigenvalue weighted by Gasteiger charge is -1.98. The van der Waals surface area contributed by atoms with Crippen molar-refractivity contribution in [3.63, 3.8) is 0 Å². The first kappa shape index (κ1) is 9.41. The molecule has 0 saturated carbocycles. The SMILES string of the molecule is O=C(CC(=O)c1ccccc1)NO. The lowest BCUT2D eigenvalue weighted by atomic mass is 10.1. The molecule has 1 aromatic carbocycles. The molecule has 0 atom stereocenters. The van der Waals surface area contributed by atoms with Crippen LogP contribution in [0.25, 0.3) is 0 Å². The lowest BCUT2D eigenvalue weighted by molar-refractivity contribution is -0.128. The van der Waals surface area contributed by atoms with E-state index in [1.807, 2.05) is 0 Å². The Morgan fingerprint density at radius 1 is 1.23 bits per heavy atom. The van der Waals surface area contributed by atoms with Crippen molar-refractivity contribution in [1.82, 2.24) is 5.48 Å². The van der Waals surface area contributed by atoms with Crippen LogP contribution in [0, 0.1) is 0 Å². The topological polar surface area (TPSA) is 66.4 Å². The van der Waals surface area contributed by atoms with E-state index in [4.69, 9.17) is 5.21 Å². The Balaban J connectivity index is 2.65. The van der Waals surface area contributed by atoms with Crippen molar-refractivity contribution in [2.75, 3.05) is 0 Å². The number of carbonyl (C=O) groups excluding carboxylic acids is 2. The molecule has 0 heterocycles. The van der Waals surface area contributed by atoms with Gasteiger partial charge in [-0.1, -0.05) is 30.3 Å². The lowest BCUT2D eigenvalue weighted by Crippen LogP contribution is -2.21. The third-order valence-corrected chi connectivity index (χ3v) is 1.54. The van der Waals surface area contributed by atoms with Gasteiger partial charge in [-0.25, -0.2) is 5.48 Å². The van der Waals surface area contributed by atoms with Gasteiger partial charge in [0, 0.05) is 5.56 Å². The summed E-state index contributed by atoms with van der Waals surface area (Å²) in [7, 11) is 0. The number of Topliss-reactive ketones (excluding diaryl/α,β-unsaturated/α-hetero) is 1. The van der Waals surface area contributed by atoms with Crippen LogP contribution < -0.4 is 5.48 Å². The fourth-order valence-corrected chi connectivity index (χ4v) is 0.911. The van der Waals surface area contributed by atoms with Crippen molar-refractivity contribution in [3.05, 3.63) is 35.9 Å². The molecule has 4 nitrogen and oxygen atoms in total. The molecule has 13 heavy (non-hydrogen) atoms. The van der Waals surface area contributed by atoms with Crippen LogP contribution >= 0.6 is 0 Å². The minimum Gasteiger partial charge on any atom is -0.294 e. The highest BCUT2D eigenvalue weighted by Gasteiger charge is 2.09. The van der Waals surface area contributed by atoms with E-state index in [1.165, 1.54) is 5.48 Å². The van der Waals surface area contributed by atoms with E-state index < -0.39 is 5.91 Å². The van der Waals surface area contributed by atoms with Gasteiger partial charge in [0.25, 0.3) is 5.91 Å². The summed E-state index contributed by atoms with van der Waals surface area (Å²) in [6.45, 7) is 0. The summed E-state index contributed by atoms with van der Waals surface area (Å²) in [6.07, 6.45) is -0.333. The van der Waals surface area contributed by atoms with Crippen molar-refractivity contribution in [2.24, 2.45) is 0 Å². The highest BCUT2D eigenvalue weighted by molar-refractivity contribution is 6.06. The van der Waals surface area contributed by atoms with Gasteiger partial charge in [0.1, 0.15) is 0 Å². The van der Waals surface area contributed by atoms with Crippen LogP contribution in [0.5, 0.6) is 0 Å². The third kappa shape index (κ3) is 2.68. The van der Waals surface area contributed by atoms with Gasteiger partial charge in [0.2, 0.25) is 0 Å². The van der Waals surface area contributed by atoms with Crippen LogP contribution in [-0.4, -0.2) is 16.9 Å². The normalized spacial score (nSPS) is 9.31. The van der Waals surface area contributed by atoms with Crippen LogP contribution in [-0.2, 0) is 4.79 Å². The highest BCUT2D eigenvalue weighted by Crippen LogP contribution is 2.02. The Kier molecular flexibility index (Phi) is 3.16. The molecule has 1 amide bonds. The van der Waals surface area contributed by atoms with Gasteiger partial charge < -0.3 is 0 Å². The largest absolute Gasteiger partial charge is 0.294 e. The molecule has 0 aromatic heterocycles. The van der Waals surface area contributed by atoms with Gasteiger partial charge in [0.05, 0.1) is 6.42 Å². The Morgan fingerprint density at radius 3 is 2.38 bits per heavy atom. The molecule has 1 aromatic rings. The van der Waals surface area contributed by atoms with E-state index in [-0.39, 0.29) is 12.2 Å². The van der Waals surface area contributed by atoms with Crippen LogP contribution in [0.2, 0.25) is 0 Å². The molecular weight excluding hydrogens is 170 g/mol. The molecule has 0 unspecified atom stereocenters. The predicted octanol–water partition coefficient (Wildman–Crippen LogP) is 0.765. The van der Waals surface area contributed by atoms with Crippen molar-refractivity contribution < 1.29 is 14.8 Å². The molecule has 0 aliphatic heterocycles. The third-order valence-electron chi connectivity index (χ3n) is 1.54. The molecule has 68 valence electrons. The number of benzene rings is 1. The van der Waals surface area contributed by atoms with Gasteiger partial charge in [-0.05, 0) is 0 Å². The second-order valence-electron chi connectivity index (χ2n) is 2.50. The number of carbonyl (C=O) groups is 2. The maximum absolute atomic E-state index is 11.2. The smallest absolute Gasteiger partial charge is 0.251 e. The van der Waals surface area contributed by atoms with Crippen LogP contribution in [0.1, 0.15) is 16.8 Å². The molecule has 2 N–H and O–H groups in total. The molecule has 0 aliphatic rings. The monoisotopic (exact) mass is 179 g/mol. The quantitative estimate of drug-likeness (QED) is 0.311. The van der Waals surface area contributed by atoms with Gasteiger partial charge in [-0.3, -0.25) is 14.8 Å². The van der Waals surface area contributed by atoms with Crippen LogP contribution in [0.4, 0.5) is 0 Å². The van der Waals surface area contributed by atoms with Crippen LogP contribution in [0.15, 0.2) is 30.3 Å². The van der Waals surface area contributed by atoms with E-state index in [2.05, 4.69) is 0 Å². The number of hydrogen-bond donors (Lipinski definition) is 2. The zero-order valence-corrected chi connectivity index (χ0v) is 6.86. The number of nitrogens with one attached hydrogen (secondary N) is 1. The van der Waals surface area contributed by atoms with Crippen molar-refractivity contribution >= 4 is 11.7 Å². The molecule has 0 saturated heterocycles. The van der Waals surface area contributed by atoms with E-state index in [1.54, 1.807) is 30.3 Å². The molecule has 1 rings (SSSR count).